The van der Waals surface area contributed by atoms with Gasteiger partial charge in [0.2, 0.25) is 0 Å². The van der Waals surface area contributed by atoms with Crippen molar-refractivity contribution in [2.75, 3.05) is 13.2 Å². The first-order valence-electron chi connectivity index (χ1n) is 9.43. The molecular formula is C19H37NO9. The lowest BCUT2D eigenvalue weighted by Crippen LogP contribution is -2.37. The molecule has 0 aromatic rings. The fourth-order valence-electron chi connectivity index (χ4n) is 1.76. The Labute approximate surface area is 172 Å². The number of carboxylic acid groups (broad SMARTS) is 1. The lowest BCUT2D eigenvalue weighted by molar-refractivity contribution is -0.155. The quantitative estimate of drug-likeness (QED) is 0.343. The summed E-state index contributed by atoms with van der Waals surface area (Å²) >= 11 is 0. The fourth-order valence-corrected chi connectivity index (χ4v) is 1.76. The maximum Gasteiger partial charge on any atom is 0.407 e. The number of amides is 1. The van der Waals surface area contributed by atoms with Crippen LogP contribution in [0.3, 0.4) is 0 Å². The Bertz CT molecular complexity index is 495. The summed E-state index contributed by atoms with van der Waals surface area (Å²) < 4.78 is 9.94. The zero-order valence-corrected chi connectivity index (χ0v) is 18.2. The summed E-state index contributed by atoms with van der Waals surface area (Å²) in [6, 6.07) is 0. The van der Waals surface area contributed by atoms with Crippen molar-refractivity contribution >= 4 is 18.0 Å². The number of carbonyl (C=O) groups is 3. The minimum atomic E-state index is -1.12. The van der Waals surface area contributed by atoms with E-state index in [1.807, 2.05) is 0 Å². The van der Waals surface area contributed by atoms with E-state index in [-0.39, 0.29) is 25.5 Å². The van der Waals surface area contributed by atoms with Crippen LogP contribution in [0.1, 0.15) is 67.2 Å². The molecule has 0 rings (SSSR count). The average molecular weight is 424 g/mol. The van der Waals surface area contributed by atoms with Gasteiger partial charge in [-0.15, -0.1) is 0 Å². The number of carboxylic acids is 1. The van der Waals surface area contributed by atoms with Crippen molar-refractivity contribution in [2.24, 2.45) is 0 Å². The molecule has 10 heteroatoms. The molecule has 0 aromatic carbocycles. The highest BCUT2D eigenvalue weighted by molar-refractivity contribution is 5.70. The van der Waals surface area contributed by atoms with Crippen LogP contribution >= 0.6 is 0 Å². The van der Waals surface area contributed by atoms with Crippen LogP contribution in [0.25, 0.3) is 0 Å². The van der Waals surface area contributed by atoms with Gasteiger partial charge >= 0.3 is 18.0 Å². The highest BCUT2D eigenvalue weighted by Crippen LogP contribution is 2.10. The monoisotopic (exact) mass is 423 g/mol. The SMILES string of the molecule is CC(C)(C)OC(=O)CCC(O)CCO.CC(C)(C)OC(=O)NCC(O)CC(=O)O. The van der Waals surface area contributed by atoms with Crippen LogP contribution in [-0.2, 0) is 19.1 Å². The van der Waals surface area contributed by atoms with E-state index in [2.05, 4.69) is 5.32 Å². The molecule has 29 heavy (non-hydrogen) atoms. The molecular weight excluding hydrogens is 386 g/mol. The maximum atomic E-state index is 11.2. The number of hydrogen-bond donors (Lipinski definition) is 5. The summed E-state index contributed by atoms with van der Waals surface area (Å²) in [5, 5.41) is 37.5. The van der Waals surface area contributed by atoms with E-state index in [1.54, 1.807) is 41.5 Å². The molecule has 0 saturated carbocycles. The summed E-state index contributed by atoms with van der Waals surface area (Å²) in [5.74, 6) is -1.43. The van der Waals surface area contributed by atoms with Crippen LogP contribution in [0.2, 0.25) is 0 Å². The van der Waals surface area contributed by atoms with Crippen LogP contribution in [0.15, 0.2) is 0 Å². The molecule has 0 heterocycles. The van der Waals surface area contributed by atoms with Gasteiger partial charge in [-0.05, 0) is 54.4 Å². The highest BCUT2D eigenvalue weighted by atomic mass is 16.6. The molecule has 0 aliphatic rings. The van der Waals surface area contributed by atoms with Crippen LogP contribution in [-0.4, -0.2) is 75.0 Å². The second-order valence-electron chi connectivity index (χ2n) is 8.43. The second kappa shape index (κ2) is 14.1. The molecule has 0 aliphatic carbocycles. The van der Waals surface area contributed by atoms with Gasteiger partial charge in [-0.25, -0.2) is 4.79 Å². The van der Waals surface area contributed by atoms with Gasteiger partial charge in [0.15, 0.2) is 0 Å². The van der Waals surface area contributed by atoms with Crippen molar-refractivity contribution in [3.63, 3.8) is 0 Å². The number of aliphatic hydroxyl groups is 3. The lowest BCUT2D eigenvalue weighted by Gasteiger charge is -2.20. The van der Waals surface area contributed by atoms with Crippen molar-refractivity contribution in [1.82, 2.24) is 5.32 Å². The van der Waals surface area contributed by atoms with E-state index in [0.717, 1.165) is 0 Å². The van der Waals surface area contributed by atoms with Gasteiger partial charge < -0.3 is 35.2 Å². The first-order chi connectivity index (χ1) is 13.1. The summed E-state index contributed by atoms with van der Waals surface area (Å²) in [6.45, 7) is 10.3. The molecule has 10 nitrogen and oxygen atoms in total. The fraction of sp³-hybridized carbons (Fsp3) is 0.842. The summed E-state index contributed by atoms with van der Waals surface area (Å²) in [5.41, 5.74) is -1.08. The molecule has 0 aromatic heterocycles. The summed E-state index contributed by atoms with van der Waals surface area (Å²) in [4.78, 5) is 32.4. The topological polar surface area (TPSA) is 163 Å². The van der Waals surface area contributed by atoms with Gasteiger partial charge in [-0.3, -0.25) is 9.59 Å². The van der Waals surface area contributed by atoms with Crippen molar-refractivity contribution in [1.29, 1.82) is 0 Å². The zero-order chi connectivity index (χ0) is 23.3. The molecule has 0 bridgehead atoms. The number of rotatable bonds is 9. The Morgan fingerprint density at radius 1 is 0.897 bits per heavy atom. The van der Waals surface area contributed by atoms with Gasteiger partial charge in [0.25, 0.3) is 0 Å². The van der Waals surface area contributed by atoms with Gasteiger partial charge in [-0.2, -0.15) is 0 Å². The van der Waals surface area contributed by atoms with E-state index in [9.17, 15) is 19.5 Å². The molecule has 0 fully saturated rings. The lowest BCUT2D eigenvalue weighted by atomic mass is 10.1. The smallest absolute Gasteiger partial charge is 0.407 e. The molecule has 0 radical (unpaired) electrons. The molecule has 172 valence electrons. The van der Waals surface area contributed by atoms with Crippen LogP contribution in [0.5, 0.6) is 0 Å². The third-order valence-corrected chi connectivity index (χ3v) is 2.86. The number of aliphatic carboxylic acids is 1. The summed E-state index contributed by atoms with van der Waals surface area (Å²) in [6.07, 6.45) is -1.96. The number of hydrogen-bond acceptors (Lipinski definition) is 8. The predicted molar refractivity (Wildman–Crippen MR) is 105 cm³/mol. The number of esters is 1. The third-order valence-electron chi connectivity index (χ3n) is 2.86. The minimum absolute atomic E-state index is 0.0600. The molecule has 0 saturated heterocycles. The third kappa shape index (κ3) is 24.1. The Balaban J connectivity index is 0. The largest absolute Gasteiger partial charge is 0.481 e. The first kappa shape index (κ1) is 29.3. The highest BCUT2D eigenvalue weighted by Gasteiger charge is 2.18. The predicted octanol–water partition coefficient (Wildman–Crippen LogP) is 1.20. The number of alkyl carbamates (subject to hydrolysis) is 1. The van der Waals surface area contributed by atoms with Gasteiger partial charge in [0, 0.05) is 19.6 Å². The first-order valence-corrected chi connectivity index (χ1v) is 9.43. The van der Waals surface area contributed by atoms with Crippen molar-refractivity contribution in [3.05, 3.63) is 0 Å². The Kier molecular flexibility index (Phi) is 14.3. The summed E-state index contributed by atoms with van der Waals surface area (Å²) in [7, 11) is 0. The molecule has 0 spiro atoms. The standard InChI is InChI=1S/C10H20O4.C9H17NO5/c1-10(2,3)14-9(13)5-4-8(12)6-7-11;1-9(2,3)15-8(14)10-5-6(11)4-7(12)13/h8,11-12H,4-7H2,1-3H3;6,11H,4-5H2,1-3H3,(H,10,14)(H,12,13). The van der Waals surface area contributed by atoms with Crippen molar-refractivity contribution in [3.8, 4) is 0 Å². The Hall–Kier alpha value is -1.91. The van der Waals surface area contributed by atoms with Gasteiger partial charge in [0.05, 0.1) is 18.6 Å². The van der Waals surface area contributed by atoms with E-state index in [0.29, 0.717) is 12.8 Å². The van der Waals surface area contributed by atoms with Crippen LogP contribution in [0, 0.1) is 0 Å². The molecule has 0 aliphatic heterocycles. The van der Waals surface area contributed by atoms with E-state index >= 15 is 0 Å². The molecule has 1 amide bonds. The number of carbonyl (C=O) groups excluding carboxylic acids is 2. The zero-order valence-electron chi connectivity index (χ0n) is 18.2. The van der Waals surface area contributed by atoms with Crippen molar-refractivity contribution < 1.29 is 44.3 Å². The Morgan fingerprint density at radius 3 is 1.83 bits per heavy atom. The number of ether oxygens (including phenoxy) is 2. The van der Waals surface area contributed by atoms with Crippen molar-refractivity contribution in [2.45, 2.75) is 90.6 Å². The normalized spacial score (nSPS) is 13.4. The van der Waals surface area contributed by atoms with E-state index in [1.165, 1.54) is 0 Å². The molecule has 2 atom stereocenters. The number of nitrogens with one attached hydrogen (secondary N) is 1. The molecule has 5 N–H and O–H groups in total. The van der Waals surface area contributed by atoms with Crippen LogP contribution in [0.4, 0.5) is 4.79 Å². The Morgan fingerprint density at radius 2 is 1.41 bits per heavy atom. The average Bonchev–Trinajstić information content (AvgIpc) is 2.48. The molecule has 2 unspecified atom stereocenters. The van der Waals surface area contributed by atoms with Crippen LogP contribution < -0.4 is 5.32 Å². The van der Waals surface area contributed by atoms with Gasteiger partial charge in [-0.1, -0.05) is 0 Å². The second-order valence-corrected chi connectivity index (χ2v) is 8.43. The number of aliphatic hydroxyl groups excluding tert-OH is 3. The van der Waals surface area contributed by atoms with E-state index < -0.39 is 41.9 Å². The van der Waals surface area contributed by atoms with Gasteiger partial charge in [0.1, 0.15) is 11.2 Å². The maximum absolute atomic E-state index is 11.2. The minimum Gasteiger partial charge on any atom is -0.481 e. The van der Waals surface area contributed by atoms with E-state index in [4.69, 9.17) is 24.8 Å².